The van der Waals surface area contributed by atoms with Gasteiger partial charge in [-0.3, -0.25) is 0 Å². The smallest absolute Gasteiger partial charge is 0.124 e. The highest BCUT2D eigenvalue weighted by Crippen LogP contribution is 2.17. The van der Waals surface area contributed by atoms with Crippen LogP contribution >= 0.6 is 15.9 Å². The Bertz CT molecular complexity index is 574. The van der Waals surface area contributed by atoms with Crippen LogP contribution in [0.25, 0.3) is 0 Å². The lowest BCUT2D eigenvalue weighted by Gasteiger charge is -2.09. The summed E-state index contributed by atoms with van der Waals surface area (Å²) in [7, 11) is 0. The summed E-state index contributed by atoms with van der Waals surface area (Å²) >= 11 is 3.35. The van der Waals surface area contributed by atoms with E-state index in [0.717, 1.165) is 22.3 Å². The molecular formula is C16H17BrFNO. The third-order valence-electron chi connectivity index (χ3n) is 2.87. The van der Waals surface area contributed by atoms with E-state index in [1.807, 2.05) is 31.2 Å². The van der Waals surface area contributed by atoms with Crippen molar-refractivity contribution < 1.29 is 9.13 Å². The molecular weight excluding hydrogens is 321 g/mol. The number of rotatable bonds is 6. The lowest BCUT2D eigenvalue weighted by molar-refractivity contribution is 0.313. The van der Waals surface area contributed by atoms with Gasteiger partial charge in [0.2, 0.25) is 0 Å². The number of ether oxygens (including phenoxy) is 1. The molecule has 0 radical (unpaired) electrons. The van der Waals surface area contributed by atoms with Crippen LogP contribution in [0.1, 0.15) is 11.1 Å². The number of benzene rings is 2. The molecule has 0 amide bonds. The van der Waals surface area contributed by atoms with Crippen LogP contribution in [0.5, 0.6) is 5.75 Å². The summed E-state index contributed by atoms with van der Waals surface area (Å²) in [5.41, 5.74) is 2.22. The number of hydrogen-bond donors (Lipinski definition) is 1. The van der Waals surface area contributed by atoms with E-state index in [1.165, 1.54) is 17.7 Å². The quantitative estimate of drug-likeness (QED) is 0.802. The molecule has 4 heteroatoms. The lowest BCUT2D eigenvalue weighted by Crippen LogP contribution is -2.20. The Morgan fingerprint density at radius 3 is 2.80 bits per heavy atom. The van der Waals surface area contributed by atoms with Gasteiger partial charge in [0.15, 0.2) is 0 Å². The van der Waals surface area contributed by atoms with Gasteiger partial charge in [0.25, 0.3) is 0 Å². The van der Waals surface area contributed by atoms with Crippen LogP contribution in [-0.4, -0.2) is 13.2 Å². The van der Waals surface area contributed by atoms with Gasteiger partial charge in [-0.1, -0.05) is 34.1 Å². The van der Waals surface area contributed by atoms with E-state index >= 15 is 0 Å². The van der Waals surface area contributed by atoms with Crippen molar-refractivity contribution in [3.63, 3.8) is 0 Å². The Morgan fingerprint density at radius 1 is 1.20 bits per heavy atom. The topological polar surface area (TPSA) is 21.3 Å². The van der Waals surface area contributed by atoms with Crippen molar-refractivity contribution in [2.24, 2.45) is 0 Å². The zero-order chi connectivity index (χ0) is 14.4. The van der Waals surface area contributed by atoms with E-state index in [9.17, 15) is 4.39 Å². The fourth-order valence-corrected chi connectivity index (χ4v) is 2.33. The number of hydrogen-bond acceptors (Lipinski definition) is 2. The minimum absolute atomic E-state index is 0.233. The molecule has 0 aliphatic rings. The highest BCUT2D eigenvalue weighted by molar-refractivity contribution is 9.10. The number of nitrogens with one attached hydrogen (secondary N) is 1. The summed E-state index contributed by atoms with van der Waals surface area (Å²) in [6.45, 7) is 4.05. The molecule has 0 heterocycles. The first-order valence-corrected chi connectivity index (χ1v) is 7.28. The fraction of sp³-hybridized carbons (Fsp3) is 0.250. The summed E-state index contributed by atoms with van der Waals surface area (Å²) in [6.07, 6.45) is 0. The van der Waals surface area contributed by atoms with Gasteiger partial charge in [-0.15, -0.1) is 0 Å². The van der Waals surface area contributed by atoms with Crippen LogP contribution in [0.3, 0.4) is 0 Å². The van der Waals surface area contributed by atoms with E-state index in [2.05, 4.69) is 21.2 Å². The predicted octanol–water partition coefficient (Wildman–Crippen LogP) is 4.07. The maximum Gasteiger partial charge on any atom is 0.124 e. The molecule has 1 N–H and O–H groups in total. The lowest BCUT2D eigenvalue weighted by atomic mass is 10.2. The zero-order valence-corrected chi connectivity index (χ0v) is 12.9. The first-order chi connectivity index (χ1) is 9.65. The minimum Gasteiger partial charge on any atom is -0.492 e. The van der Waals surface area contributed by atoms with Gasteiger partial charge < -0.3 is 10.1 Å². The average Bonchev–Trinajstić information content (AvgIpc) is 2.41. The van der Waals surface area contributed by atoms with E-state index in [0.29, 0.717) is 13.2 Å². The third-order valence-corrected chi connectivity index (χ3v) is 3.61. The third kappa shape index (κ3) is 4.62. The van der Waals surface area contributed by atoms with Crippen molar-refractivity contribution in [3.05, 3.63) is 63.9 Å². The summed E-state index contributed by atoms with van der Waals surface area (Å²) in [5.74, 6) is 0.651. The van der Waals surface area contributed by atoms with Crippen molar-refractivity contribution in [3.8, 4) is 5.75 Å². The molecule has 0 saturated carbocycles. The molecule has 0 aliphatic carbocycles. The molecule has 0 fully saturated rings. The van der Waals surface area contributed by atoms with E-state index in [-0.39, 0.29) is 5.82 Å². The largest absolute Gasteiger partial charge is 0.492 e. The molecule has 2 rings (SSSR count). The van der Waals surface area contributed by atoms with Crippen molar-refractivity contribution in [1.82, 2.24) is 5.32 Å². The zero-order valence-electron chi connectivity index (χ0n) is 11.3. The van der Waals surface area contributed by atoms with Crippen molar-refractivity contribution in [2.45, 2.75) is 13.5 Å². The number of aryl methyl sites for hydroxylation is 1. The van der Waals surface area contributed by atoms with Crippen LogP contribution in [-0.2, 0) is 6.54 Å². The van der Waals surface area contributed by atoms with E-state index in [1.54, 1.807) is 6.07 Å². The normalized spacial score (nSPS) is 10.6. The van der Waals surface area contributed by atoms with Gasteiger partial charge in [-0.2, -0.15) is 0 Å². The van der Waals surface area contributed by atoms with Crippen molar-refractivity contribution in [1.29, 1.82) is 0 Å². The maximum atomic E-state index is 12.9. The molecule has 20 heavy (non-hydrogen) atoms. The van der Waals surface area contributed by atoms with Gasteiger partial charge in [0, 0.05) is 17.6 Å². The molecule has 0 saturated heterocycles. The molecule has 2 nitrogen and oxygen atoms in total. The molecule has 2 aromatic carbocycles. The standard InChI is InChI=1S/C16H17BrFNO/c1-12-3-2-4-15(9-12)20-8-7-19-11-13-5-6-14(18)10-16(13)17/h2-6,9-10,19H,7-8,11H2,1H3. The molecule has 0 aliphatic heterocycles. The molecule has 0 spiro atoms. The molecule has 0 atom stereocenters. The summed E-state index contributed by atoms with van der Waals surface area (Å²) in [4.78, 5) is 0. The summed E-state index contributed by atoms with van der Waals surface area (Å²) < 4.78 is 19.4. The average molecular weight is 338 g/mol. The Kier molecular flexibility index (Phi) is 5.56. The summed E-state index contributed by atoms with van der Waals surface area (Å²) in [5, 5.41) is 3.27. The Balaban J connectivity index is 1.71. The van der Waals surface area contributed by atoms with E-state index < -0.39 is 0 Å². The van der Waals surface area contributed by atoms with Crippen LogP contribution in [0.4, 0.5) is 4.39 Å². The first kappa shape index (κ1) is 15.0. The van der Waals surface area contributed by atoms with Crippen LogP contribution < -0.4 is 10.1 Å². The van der Waals surface area contributed by atoms with Gasteiger partial charge in [0.1, 0.15) is 18.2 Å². The second kappa shape index (κ2) is 7.41. The Morgan fingerprint density at radius 2 is 2.05 bits per heavy atom. The molecule has 0 aromatic heterocycles. The van der Waals surface area contributed by atoms with Crippen molar-refractivity contribution in [2.75, 3.05) is 13.2 Å². The molecule has 106 valence electrons. The van der Waals surface area contributed by atoms with Gasteiger partial charge >= 0.3 is 0 Å². The predicted molar refractivity (Wildman–Crippen MR) is 82.5 cm³/mol. The van der Waals surface area contributed by atoms with Crippen LogP contribution in [0.2, 0.25) is 0 Å². The van der Waals surface area contributed by atoms with E-state index in [4.69, 9.17) is 4.74 Å². The Hall–Kier alpha value is -1.39. The van der Waals surface area contributed by atoms with Crippen molar-refractivity contribution >= 4 is 15.9 Å². The Labute approximate surface area is 127 Å². The second-order valence-electron chi connectivity index (χ2n) is 4.58. The van der Waals surface area contributed by atoms with Gasteiger partial charge in [-0.05, 0) is 42.3 Å². The van der Waals surface area contributed by atoms with Crippen LogP contribution in [0.15, 0.2) is 46.9 Å². The van der Waals surface area contributed by atoms with Gasteiger partial charge in [-0.25, -0.2) is 4.39 Å². The summed E-state index contributed by atoms with van der Waals surface area (Å²) in [6, 6.07) is 12.7. The molecule has 0 unspecified atom stereocenters. The highest BCUT2D eigenvalue weighted by atomic mass is 79.9. The molecule has 0 bridgehead atoms. The minimum atomic E-state index is -0.233. The van der Waals surface area contributed by atoms with Crippen LogP contribution in [0, 0.1) is 12.7 Å². The monoisotopic (exact) mass is 337 g/mol. The number of halogens is 2. The highest BCUT2D eigenvalue weighted by Gasteiger charge is 2.01. The maximum absolute atomic E-state index is 12.9. The first-order valence-electron chi connectivity index (χ1n) is 6.49. The molecule has 2 aromatic rings. The SMILES string of the molecule is Cc1cccc(OCCNCc2ccc(F)cc2Br)c1. The fourth-order valence-electron chi connectivity index (χ4n) is 1.83. The van der Waals surface area contributed by atoms with Gasteiger partial charge in [0.05, 0.1) is 0 Å². The second-order valence-corrected chi connectivity index (χ2v) is 5.43.